The van der Waals surface area contributed by atoms with Crippen LogP contribution in [0.3, 0.4) is 0 Å². The Hall–Kier alpha value is -1.19. The van der Waals surface area contributed by atoms with Gasteiger partial charge >= 0.3 is 6.18 Å². The van der Waals surface area contributed by atoms with Gasteiger partial charge in [0.05, 0.1) is 10.6 Å². The molecule has 0 aliphatic heterocycles. The van der Waals surface area contributed by atoms with Crippen LogP contribution in [0.5, 0.6) is 0 Å². The summed E-state index contributed by atoms with van der Waals surface area (Å²) in [5.41, 5.74) is -0.955. The SMILES string of the molecule is C=C.C=C.C=C.N.N.O=C(S)Sc1ccc(Cl)c(C(F)(F)F)c1. The van der Waals surface area contributed by atoms with E-state index in [0.29, 0.717) is 11.8 Å². The molecule has 6 N–H and O–H groups in total. The average Bonchev–Trinajstić information content (AvgIpc) is 2.46. The monoisotopic (exact) mass is 390 g/mol. The molecule has 0 amide bonds. The molecule has 0 aliphatic carbocycles. The summed E-state index contributed by atoms with van der Waals surface area (Å²) >= 11 is 9.44. The third-order valence-corrected chi connectivity index (χ3v) is 2.72. The number of alkyl halides is 3. The van der Waals surface area contributed by atoms with Gasteiger partial charge in [-0.15, -0.1) is 39.5 Å². The Morgan fingerprint density at radius 1 is 1.04 bits per heavy atom. The minimum absolute atomic E-state index is 0. The number of rotatable bonds is 1. The fraction of sp³-hybridized carbons (Fsp3) is 0.0714. The summed E-state index contributed by atoms with van der Waals surface area (Å²) in [6.07, 6.45) is -4.52. The fourth-order valence-electron chi connectivity index (χ4n) is 0.886. The zero-order chi connectivity index (χ0) is 17.6. The standard InChI is InChI=1S/C8H4ClF3OS2.3C2H4.2H3N/c9-6-2-1-4(15-7(13)14)3-5(6)8(10,11)12;3*1-2;;/h1-3H,(H,13,14);3*1-2H2;2*1H3. The van der Waals surface area contributed by atoms with Gasteiger partial charge < -0.3 is 12.3 Å². The van der Waals surface area contributed by atoms with Crippen LogP contribution in [0.4, 0.5) is 18.0 Å². The van der Waals surface area contributed by atoms with E-state index < -0.39 is 21.2 Å². The summed E-state index contributed by atoms with van der Waals surface area (Å²) in [6.45, 7) is 18.0. The second kappa shape index (κ2) is 18.9. The maximum Gasteiger partial charge on any atom is 0.417 e. The summed E-state index contributed by atoms with van der Waals surface area (Å²) in [5, 5.41) is -0.390. The zero-order valence-electron chi connectivity index (χ0n) is 12.7. The minimum Gasteiger partial charge on any atom is -0.344 e. The molecule has 0 spiro atoms. The highest BCUT2D eigenvalue weighted by molar-refractivity contribution is 8.32. The molecule has 1 aromatic carbocycles. The minimum atomic E-state index is -4.52. The highest BCUT2D eigenvalue weighted by Crippen LogP contribution is 2.37. The van der Waals surface area contributed by atoms with Gasteiger partial charge in [-0.25, -0.2) is 0 Å². The molecule has 1 rings (SSSR count). The molecule has 0 radical (unpaired) electrons. The van der Waals surface area contributed by atoms with E-state index in [9.17, 15) is 18.0 Å². The van der Waals surface area contributed by atoms with E-state index in [2.05, 4.69) is 52.1 Å². The first kappa shape index (κ1) is 33.4. The van der Waals surface area contributed by atoms with E-state index >= 15 is 0 Å². The normalized spacial score (nSPS) is 8.04. The van der Waals surface area contributed by atoms with Crippen molar-refractivity contribution in [3.8, 4) is 0 Å². The van der Waals surface area contributed by atoms with Gasteiger partial charge in [0.15, 0.2) is 0 Å². The van der Waals surface area contributed by atoms with Gasteiger partial charge in [0.25, 0.3) is 0 Å². The molecule has 0 unspecified atom stereocenters. The Morgan fingerprint density at radius 3 is 1.74 bits per heavy atom. The van der Waals surface area contributed by atoms with Gasteiger partial charge in [0.2, 0.25) is 4.45 Å². The van der Waals surface area contributed by atoms with Gasteiger partial charge in [-0.05, 0) is 30.0 Å². The molecule has 0 heterocycles. The summed E-state index contributed by atoms with van der Waals surface area (Å²) in [6, 6.07) is 3.25. The predicted molar refractivity (Wildman–Crippen MR) is 100 cm³/mol. The Balaban J connectivity index is -0.000000121. The third-order valence-electron chi connectivity index (χ3n) is 1.45. The molecule has 9 heteroatoms. The van der Waals surface area contributed by atoms with Crippen molar-refractivity contribution in [3.63, 3.8) is 0 Å². The van der Waals surface area contributed by atoms with Crippen LogP contribution in [0.2, 0.25) is 5.02 Å². The number of halogens is 4. The van der Waals surface area contributed by atoms with Crippen molar-refractivity contribution in [2.24, 2.45) is 0 Å². The fourth-order valence-corrected chi connectivity index (χ4v) is 1.94. The molecule has 0 aliphatic rings. The maximum atomic E-state index is 12.4. The van der Waals surface area contributed by atoms with Crippen molar-refractivity contribution in [2.45, 2.75) is 11.1 Å². The van der Waals surface area contributed by atoms with Crippen LogP contribution < -0.4 is 12.3 Å². The van der Waals surface area contributed by atoms with Crippen molar-refractivity contribution in [1.82, 2.24) is 12.3 Å². The predicted octanol–water partition coefficient (Wildman–Crippen LogP) is 7.23. The molecule has 1 aromatic rings. The molecule has 0 saturated carbocycles. The molecule has 0 bridgehead atoms. The van der Waals surface area contributed by atoms with Crippen molar-refractivity contribution in [2.75, 3.05) is 0 Å². The van der Waals surface area contributed by atoms with E-state index in [0.717, 1.165) is 12.1 Å². The first-order valence-electron chi connectivity index (χ1n) is 5.08. The second-order valence-corrected chi connectivity index (χ2v) is 4.67. The number of carbonyl (C=O) groups is 1. The number of thiol groups is 1. The zero-order valence-corrected chi connectivity index (χ0v) is 15.1. The highest BCUT2D eigenvalue weighted by atomic mass is 35.5. The van der Waals surface area contributed by atoms with E-state index in [4.69, 9.17) is 11.6 Å². The lowest BCUT2D eigenvalue weighted by Crippen LogP contribution is -2.05. The molecule has 0 aromatic heterocycles. The van der Waals surface area contributed by atoms with Crippen LogP contribution in [0.25, 0.3) is 0 Å². The Kier molecular flexibility index (Phi) is 27.4. The van der Waals surface area contributed by atoms with Crippen molar-refractivity contribution in [3.05, 3.63) is 68.3 Å². The van der Waals surface area contributed by atoms with Crippen LogP contribution in [-0.2, 0) is 6.18 Å². The largest absolute Gasteiger partial charge is 0.417 e. The molecule has 134 valence electrons. The summed E-state index contributed by atoms with van der Waals surface area (Å²) in [5.74, 6) is 0. The summed E-state index contributed by atoms with van der Waals surface area (Å²) < 4.78 is 36.5. The Morgan fingerprint density at radius 2 is 1.43 bits per heavy atom. The average molecular weight is 391 g/mol. The Labute approximate surface area is 150 Å². The quantitative estimate of drug-likeness (QED) is 0.268. The molecular formula is C14H22ClF3N2OS2. The molecule has 0 fully saturated rings. The first-order valence-corrected chi connectivity index (χ1v) is 6.72. The van der Waals surface area contributed by atoms with Crippen molar-refractivity contribution >= 4 is 40.4 Å². The van der Waals surface area contributed by atoms with E-state index in [-0.39, 0.29) is 17.2 Å². The van der Waals surface area contributed by atoms with Crippen LogP contribution in [0, 0.1) is 0 Å². The molecule has 23 heavy (non-hydrogen) atoms. The molecule has 0 atom stereocenters. The van der Waals surface area contributed by atoms with Crippen LogP contribution in [0.15, 0.2) is 62.6 Å². The number of hydrogen-bond donors (Lipinski definition) is 3. The van der Waals surface area contributed by atoms with Crippen LogP contribution >= 0.6 is 36.0 Å². The van der Waals surface area contributed by atoms with Gasteiger partial charge in [0.1, 0.15) is 0 Å². The number of carbonyl (C=O) groups excluding carboxylic acids is 1. The molecule has 3 nitrogen and oxygen atoms in total. The van der Waals surface area contributed by atoms with Gasteiger partial charge in [-0.2, -0.15) is 13.2 Å². The lowest BCUT2D eigenvalue weighted by atomic mass is 10.2. The summed E-state index contributed by atoms with van der Waals surface area (Å²) in [4.78, 5) is 10.7. The van der Waals surface area contributed by atoms with E-state index in [1.54, 1.807) is 0 Å². The van der Waals surface area contributed by atoms with E-state index in [1.165, 1.54) is 6.07 Å². The number of benzene rings is 1. The smallest absolute Gasteiger partial charge is 0.344 e. The highest BCUT2D eigenvalue weighted by Gasteiger charge is 2.33. The van der Waals surface area contributed by atoms with Gasteiger partial charge in [0, 0.05) is 4.90 Å². The lowest BCUT2D eigenvalue weighted by molar-refractivity contribution is -0.137. The van der Waals surface area contributed by atoms with Gasteiger partial charge in [-0.3, -0.25) is 4.79 Å². The lowest BCUT2D eigenvalue weighted by Gasteiger charge is -2.09. The maximum absolute atomic E-state index is 12.4. The second-order valence-electron chi connectivity index (χ2n) is 2.51. The van der Waals surface area contributed by atoms with Crippen LogP contribution in [0.1, 0.15) is 5.56 Å². The molecular weight excluding hydrogens is 369 g/mol. The Bertz CT molecular complexity index is 442. The van der Waals surface area contributed by atoms with Crippen molar-refractivity contribution in [1.29, 1.82) is 0 Å². The van der Waals surface area contributed by atoms with E-state index in [1.807, 2.05) is 0 Å². The number of hydrogen-bond acceptors (Lipinski definition) is 4. The first-order chi connectivity index (χ1) is 9.80. The van der Waals surface area contributed by atoms with Gasteiger partial charge in [-0.1, -0.05) is 24.2 Å². The third kappa shape index (κ3) is 15.5. The van der Waals surface area contributed by atoms with Crippen LogP contribution in [-0.4, -0.2) is 4.45 Å². The number of thioether (sulfide) groups is 1. The summed E-state index contributed by atoms with van der Waals surface area (Å²) in [7, 11) is 0. The molecule has 0 saturated heterocycles. The topological polar surface area (TPSA) is 87.1 Å². The van der Waals surface area contributed by atoms with Crippen molar-refractivity contribution < 1.29 is 18.0 Å².